The third kappa shape index (κ3) is 3.26. The zero-order valence-corrected chi connectivity index (χ0v) is 8.52. The van der Waals surface area contributed by atoms with Crippen LogP contribution in [0.25, 0.3) is 0 Å². The van der Waals surface area contributed by atoms with E-state index in [0.29, 0.717) is 12.2 Å². The maximum Gasteiger partial charge on any atom is 0.508 e. The highest BCUT2D eigenvalue weighted by molar-refractivity contribution is 5.96. The molecule has 0 aromatic heterocycles. The highest BCUT2D eigenvalue weighted by Gasteiger charge is 2.52. The molecule has 0 aliphatic carbocycles. The Morgan fingerprint density at radius 2 is 1.67 bits per heavy atom. The molecule has 0 saturated carbocycles. The number of ether oxygens (including phenoxy) is 2. The minimum Gasteiger partial charge on any atom is -0.479 e. The number of hydrogen-bond donors (Lipinski definition) is 2. The SMILES string of the molecule is O=C(O)COOC1(C(=O)O)OC(=O)C=CC(=O)O1. The average molecular weight is 262 g/mol. The van der Waals surface area contributed by atoms with Crippen molar-refractivity contribution >= 4 is 23.9 Å². The van der Waals surface area contributed by atoms with Gasteiger partial charge in [0.1, 0.15) is 0 Å². The van der Waals surface area contributed by atoms with Crippen LogP contribution in [0.2, 0.25) is 0 Å². The zero-order chi connectivity index (χ0) is 13.8. The molecule has 0 aromatic carbocycles. The molecule has 10 heteroatoms. The summed E-state index contributed by atoms with van der Waals surface area (Å²) in [7, 11) is 0. The summed E-state index contributed by atoms with van der Waals surface area (Å²) < 4.78 is 8.41. The van der Waals surface area contributed by atoms with Gasteiger partial charge in [0.2, 0.25) is 0 Å². The van der Waals surface area contributed by atoms with Crippen molar-refractivity contribution in [3.63, 3.8) is 0 Å². The van der Waals surface area contributed by atoms with Gasteiger partial charge in [0.15, 0.2) is 6.61 Å². The Hall–Kier alpha value is -2.46. The maximum atomic E-state index is 11.0. The number of hydrogen-bond acceptors (Lipinski definition) is 8. The molecular weight excluding hydrogens is 256 g/mol. The standard InChI is InChI=1S/C8H6O10/c9-4(10)3-15-18-8(7(13)14)16-5(11)1-2-6(12)17-8/h1-2H,3H2,(H,9,10)(H,13,14). The minimum absolute atomic E-state index is 0.605. The maximum absolute atomic E-state index is 11.0. The monoisotopic (exact) mass is 262 g/mol. The topological polar surface area (TPSA) is 146 Å². The third-order valence-corrected chi connectivity index (χ3v) is 1.44. The van der Waals surface area contributed by atoms with Crippen LogP contribution in [0.4, 0.5) is 0 Å². The number of aliphatic carboxylic acids is 2. The average Bonchev–Trinajstić information content (AvgIpc) is 2.38. The molecule has 10 nitrogen and oxygen atoms in total. The molecule has 1 rings (SSSR count). The molecule has 0 aromatic rings. The Labute approximate surface area is 98.2 Å². The summed E-state index contributed by atoms with van der Waals surface area (Å²) in [4.78, 5) is 51.0. The van der Waals surface area contributed by atoms with Crippen molar-refractivity contribution in [3.8, 4) is 0 Å². The van der Waals surface area contributed by atoms with Gasteiger partial charge < -0.3 is 19.7 Å². The molecular formula is C8H6O10. The van der Waals surface area contributed by atoms with Gasteiger partial charge >= 0.3 is 29.9 Å². The van der Waals surface area contributed by atoms with Gasteiger partial charge in [-0.3, -0.25) is 0 Å². The fourth-order valence-electron chi connectivity index (χ4n) is 0.804. The van der Waals surface area contributed by atoms with Crippen LogP contribution < -0.4 is 0 Å². The van der Waals surface area contributed by atoms with E-state index in [4.69, 9.17) is 10.2 Å². The van der Waals surface area contributed by atoms with Crippen LogP contribution in [-0.2, 0) is 38.4 Å². The Kier molecular flexibility index (Phi) is 3.97. The molecule has 0 fully saturated rings. The first-order chi connectivity index (χ1) is 8.35. The molecule has 1 heterocycles. The summed E-state index contributed by atoms with van der Waals surface area (Å²) in [6, 6.07) is 0. The van der Waals surface area contributed by atoms with Crippen LogP contribution in [0.1, 0.15) is 0 Å². The lowest BCUT2D eigenvalue weighted by Gasteiger charge is -2.23. The van der Waals surface area contributed by atoms with Crippen molar-refractivity contribution in [2.24, 2.45) is 0 Å². The van der Waals surface area contributed by atoms with Gasteiger partial charge in [-0.2, -0.15) is 0 Å². The highest BCUT2D eigenvalue weighted by atomic mass is 17.3. The van der Waals surface area contributed by atoms with Crippen LogP contribution in [0.3, 0.4) is 0 Å². The fourth-order valence-corrected chi connectivity index (χ4v) is 0.804. The van der Waals surface area contributed by atoms with Crippen LogP contribution >= 0.6 is 0 Å². The molecule has 0 radical (unpaired) electrons. The molecule has 0 amide bonds. The lowest BCUT2D eigenvalue weighted by Crippen LogP contribution is -2.48. The van der Waals surface area contributed by atoms with E-state index in [0.717, 1.165) is 0 Å². The van der Waals surface area contributed by atoms with E-state index in [2.05, 4.69) is 19.2 Å². The molecule has 0 atom stereocenters. The number of esters is 2. The van der Waals surface area contributed by atoms with Crippen molar-refractivity contribution in [1.82, 2.24) is 0 Å². The van der Waals surface area contributed by atoms with E-state index < -0.39 is 36.5 Å². The quantitative estimate of drug-likeness (QED) is 0.337. The Morgan fingerprint density at radius 3 is 2.06 bits per heavy atom. The molecule has 0 spiro atoms. The van der Waals surface area contributed by atoms with Crippen molar-refractivity contribution in [3.05, 3.63) is 12.2 Å². The second-order valence-electron chi connectivity index (χ2n) is 2.78. The molecule has 2 N–H and O–H groups in total. The van der Waals surface area contributed by atoms with E-state index in [9.17, 15) is 19.2 Å². The van der Waals surface area contributed by atoms with Crippen LogP contribution in [0.5, 0.6) is 0 Å². The van der Waals surface area contributed by atoms with Crippen LogP contribution in [0, 0.1) is 0 Å². The predicted molar refractivity (Wildman–Crippen MR) is 46.4 cm³/mol. The van der Waals surface area contributed by atoms with Crippen molar-refractivity contribution in [2.45, 2.75) is 5.97 Å². The Morgan fingerprint density at radius 1 is 1.17 bits per heavy atom. The number of rotatable bonds is 5. The Bertz CT molecular complexity index is 402. The molecule has 1 aliphatic rings. The fraction of sp³-hybridized carbons (Fsp3) is 0.250. The van der Waals surface area contributed by atoms with E-state index in [1.165, 1.54) is 0 Å². The third-order valence-electron chi connectivity index (χ3n) is 1.44. The zero-order valence-electron chi connectivity index (χ0n) is 8.52. The van der Waals surface area contributed by atoms with Crippen LogP contribution in [-0.4, -0.2) is 46.7 Å². The number of carboxylic acids is 2. The van der Waals surface area contributed by atoms with E-state index in [-0.39, 0.29) is 0 Å². The normalized spacial score (nSPS) is 17.6. The molecule has 0 saturated heterocycles. The summed E-state index contributed by atoms with van der Waals surface area (Å²) in [6.07, 6.45) is 1.21. The second-order valence-corrected chi connectivity index (χ2v) is 2.78. The minimum atomic E-state index is -3.19. The molecule has 1 aliphatic heterocycles. The van der Waals surface area contributed by atoms with Gasteiger partial charge in [0, 0.05) is 12.2 Å². The molecule has 0 bridgehead atoms. The summed E-state index contributed by atoms with van der Waals surface area (Å²) in [5.41, 5.74) is 0. The molecule has 18 heavy (non-hydrogen) atoms. The lowest BCUT2D eigenvalue weighted by molar-refractivity contribution is -0.462. The first-order valence-corrected chi connectivity index (χ1v) is 4.25. The van der Waals surface area contributed by atoms with Gasteiger partial charge in [-0.1, -0.05) is 0 Å². The lowest BCUT2D eigenvalue weighted by atomic mass is 10.5. The van der Waals surface area contributed by atoms with E-state index >= 15 is 0 Å². The summed E-state index contributed by atoms with van der Waals surface area (Å²) in [6.45, 7) is -1.06. The van der Waals surface area contributed by atoms with Crippen LogP contribution in [0.15, 0.2) is 12.2 Å². The molecule has 98 valence electrons. The van der Waals surface area contributed by atoms with Gasteiger partial charge in [-0.25, -0.2) is 24.1 Å². The highest BCUT2D eigenvalue weighted by Crippen LogP contribution is 2.20. The first-order valence-electron chi connectivity index (χ1n) is 4.25. The molecule has 0 unspecified atom stereocenters. The summed E-state index contributed by atoms with van der Waals surface area (Å²) >= 11 is 0. The second kappa shape index (κ2) is 5.25. The first kappa shape index (κ1) is 13.6. The van der Waals surface area contributed by atoms with Gasteiger partial charge in [-0.15, -0.1) is 4.89 Å². The van der Waals surface area contributed by atoms with E-state index in [1.54, 1.807) is 0 Å². The largest absolute Gasteiger partial charge is 0.508 e. The van der Waals surface area contributed by atoms with Gasteiger partial charge in [-0.05, 0) is 0 Å². The summed E-state index contributed by atoms with van der Waals surface area (Å²) in [5, 5.41) is 17.0. The van der Waals surface area contributed by atoms with Crippen molar-refractivity contribution in [1.29, 1.82) is 0 Å². The number of carboxylic acid groups (broad SMARTS) is 2. The van der Waals surface area contributed by atoms with Crippen molar-refractivity contribution < 1.29 is 48.6 Å². The number of carbonyl (C=O) groups is 4. The Balaban J connectivity index is 2.85. The number of carbonyl (C=O) groups excluding carboxylic acids is 2. The van der Waals surface area contributed by atoms with Crippen molar-refractivity contribution in [2.75, 3.05) is 6.61 Å². The summed E-state index contributed by atoms with van der Waals surface area (Å²) in [5.74, 6) is -9.18. The smallest absolute Gasteiger partial charge is 0.479 e. The van der Waals surface area contributed by atoms with E-state index in [1.807, 2.05) is 0 Å². The number of cyclic esters (lactones) is 2. The predicted octanol–water partition coefficient (Wildman–Crippen LogP) is -1.59. The van der Waals surface area contributed by atoms with Gasteiger partial charge in [0.25, 0.3) is 0 Å². The van der Waals surface area contributed by atoms with Gasteiger partial charge in [0.05, 0.1) is 0 Å².